The molecule has 0 radical (unpaired) electrons. The molecule has 1 heterocycles. The zero-order valence-corrected chi connectivity index (χ0v) is 11.4. The van der Waals surface area contributed by atoms with Crippen LogP contribution in [0.25, 0.3) is 0 Å². The Balaban J connectivity index is 2.29. The molecular formula is C15H22N2O. The van der Waals surface area contributed by atoms with Crippen LogP contribution in [0.3, 0.4) is 0 Å². The monoisotopic (exact) mass is 246 g/mol. The van der Waals surface area contributed by atoms with Gasteiger partial charge in [-0.25, -0.2) is 0 Å². The smallest absolute Gasteiger partial charge is 0.224 e. The van der Waals surface area contributed by atoms with Gasteiger partial charge in [-0.2, -0.15) is 0 Å². The third-order valence-electron chi connectivity index (χ3n) is 2.69. The van der Waals surface area contributed by atoms with E-state index in [-0.39, 0.29) is 5.91 Å². The lowest BCUT2D eigenvalue weighted by Crippen LogP contribution is -2.15. The van der Waals surface area contributed by atoms with Crippen LogP contribution in [0.15, 0.2) is 36.2 Å². The average molecular weight is 246 g/mol. The Morgan fingerprint density at radius 2 is 2.28 bits per heavy atom. The first-order valence-electron chi connectivity index (χ1n) is 6.41. The van der Waals surface area contributed by atoms with Crippen molar-refractivity contribution in [3.8, 4) is 0 Å². The number of hydrogen-bond acceptors (Lipinski definition) is 2. The van der Waals surface area contributed by atoms with Gasteiger partial charge in [0.15, 0.2) is 0 Å². The van der Waals surface area contributed by atoms with Crippen LogP contribution in [-0.2, 0) is 4.79 Å². The Bertz CT molecular complexity index is 394. The summed E-state index contributed by atoms with van der Waals surface area (Å²) in [6.45, 7) is 6.31. The Hall–Kier alpha value is -1.64. The predicted octanol–water partition coefficient (Wildman–Crippen LogP) is 3.79. The van der Waals surface area contributed by atoms with Crippen LogP contribution in [-0.4, -0.2) is 10.9 Å². The number of carbonyl (C=O) groups excluding carboxylic acids is 1. The molecule has 1 aromatic heterocycles. The highest BCUT2D eigenvalue weighted by molar-refractivity contribution is 5.90. The van der Waals surface area contributed by atoms with Crippen molar-refractivity contribution in [2.45, 2.75) is 40.0 Å². The van der Waals surface area contributed by atoms with E-state index in [0.717, 1.165) is 18.5 Å². The first-order chi connectivity index (χ1) is 8.58. The summed E-state index contributed by atoms with van der Waals surface area (Å²) < 4.78 is 0. The number of rotatable bonds is 6. The molecule has 1 amide bonds. The number of carbonyl (C=O) groups is 1. The molecule has 0 fully saturated rings. The van der Waals surface area contributed by atoms with Gasteiger partial charge in [0.25, 0.3) is 0 Å². The van der Waals surface area contributed by atoms with E-state index in [1.807, 2.05) is 12.1 Å². The summed E-state index contributed by atoms with van der Waals surface area (Å²) in [6, 6.07) is 3.66. The van der Waals surface area contributed by atoms with Crippen molar-refractivity contribution in [2.75, 3.05) is 5.32 Å². The van der Waals surface area contributed by atoms with Gasteiger partial charge in [-0.15, -0.1) is 0 Å². The highest BCUT2D eigenvalue weighted by Crippen LogP contribution is 2.13. The summed E-state index contributed by atoms with van der Waals surface area (Å²) in [5.74, 6) is 0.463. The number of allylic oxidation sites excluding steroid dienone is 2. The summed E-state index contributed by atoms with van der Waals surface area (Å²) >= 11 is 0. The first-order valence-corrected chi connectivity index (χ1v) is 6.41. The number of nitrogens with zero attached hydrogens (tertiary/aromatic N) is 1. The molecule has 3 nitrogen and oxygen atoms in total. The molecular weight excluding hydrogens is 224 g/mol. The van der Waals surface area contributed by atoms with Crippen LogP contribution >= 0.6 is 0 Å². The fourth-order valence-corrected chi connectivity index (χ4v) is 1.72. The van der Waals surface area contributed by atoms with Gasteiger partial charge in [-0.1, -0.05) is 18.6 Å². The maximum atomic E-state index is 11.8. The Morgan fingerprint density at radius 3 is 2.89 bits per heavy atom. The summed E-state index contributed by atoms with van der Waals surface area (Å²) in [5, 5.41) is 2.86. The number of aromatic nitrogens is 1. The zero-order valence-electron chi connectivity index (χ0n) is 11.4. The molecule has 1 rings (SSSR count). The lowest BCUT2D eigenvalue weighted by atomic mass is 10.0. The van der Waals surface area contributed by atoms with E-state index < -0.39 is 0 Å². The molecule has 3 heteroatoms. The maximum Gasteiger partial charge on any atom is 0.224 e. The van der Waals surface area contributed by atoms with E-state index in [4.69, 9.17) is 0 Å². The predicted molar refractivity (Wildman–Crippen MR) is 75.3 cm³/mol. The molecule has 1 unspecified atom stereocenters. The van der Waals surface area contributed by atoms with Gasteiger partial charge in [0.1, 0.15) is 0 Å². The number of pyridine rings is 1. The van der Waals surface area contributed by atoms with Crippen LogP contribution in [0.5, 0.6) is 0 Å². The molecule has 0 aliphatic heterocycles. The largest absolute Gasteiger partial charge is 0.325 e. The molecule has 0 aromatic carbocycles. The maximum absolute atomic E-state index is 11.8. The first kappa shape index (κ1) is 14.4. The lowest BCUT2D eigenvalue weighted by Gasteiger charge is -2.10. The molecule has 0 spiro atoms. The molecule has 18 heavy (non-hydrogen) atoms. The lowest BCUT2D eigenvalue weighted by molar-refractivity contribution is -0.117. The number of amides is 1. The summed E-state index contributed by atoms with van der Waals surface area (Å²) in [6.07, 6.45) is 8.22. The Morgan fingerprint density at radius 1 is 1.50 bits per heavy atom. The zero-order chi connectivity index (χ0) is 13.4. The Labute approximate surface area is 109 Å². The quantitative estimate of drug-likeness (QED) is 0.776. The van der Waals surface area contributed by atoms with Gasteiger partial charge >= 0.3 is 0 Å². The van der Waals surface area contributed by atoms with Crippen LogP contribution in [0.1, 0.15) is 40.0 Å². The molecule has 0 saturated heterocycles. The van der Waals surface area contributed by atoms with Crippen molar-refractivity contribution in [1.29, 1.82) is 0 Å². The van der Waals surface area contributed by atoms with Crippen LogP contribution in [0.4, 0.5) is 5.69 Å². The highest BCUT2D eigenvalue weighted by Gasteiger charge is 2.08. The number of nitrogens with one attached hydrogen (secondary N) is 1. The fourth-order valence-electron chi connectivity index (χ4n) is 1.72. The number of hydrogen-bond donors (Lipinski definition) is 1. The minimum atomic E-state index is 0.0627. The second-order valence-corrected chi connectivity index (χ2v) is 4.96. The van der Waals surface area contributed by atoms with Gasteiger partial charge < -0.3 is 5.32 Å². The van der Waals surface area contributed by atoms with Gasteiger partial charge in [0.05, 0.1) is 11.9 Å². The van der Waals surface area contributed by atoms with Gasteiger partial charge in [-0.3, -0.25) is 9.78 Å². The van der Waals surface area contributed by atoms with Crippen LogP contribution in [0, 0.1) is 5.92 Å². The summed E-state index contributed by atoms with van der Waals surface area (Å²) in [7, 11) is 0. The molecule has 0 saturated carbocycles. The second kappa shape index (κ2) is 7.64. The SMILES string of the molecule is CC(C)=CCCC(C)CC(=O)Nc1cccnc1. The van der Waals surface area contributed by atoms with Gasteiger partial charge in [-0.05, 0) is 44.7 Å². The van der Waals surface area contributed by atoms with Crippen LogP contribution < -0.4 is 5.32 Å². The molecule has 98 valence electrons. The van der Waals surface area contributed by atoms with E-state index in [2.05, 4.69) is 37.1 Å². The second-order valence-electron chi connectivity index (χ2n) is 4.96. The van der Waals surface area contributed by atoms with Crippen molar-refractivity contribution >= 4 is 11.6 Å². The Kier molecular flexibility index (Phi) is 6.12. The van der Waals surface area contributed by atoms with Gasteiger partial charge in [0, 0.05) is 12.6 Å². The summed E-state index contributed by atoms with van der Waals surface area (Å²) in [5.41, 5.74) is 2.10. The van der Waals surface area contributed by atoms with Crippen molar-refractivity contribution in [2.24, 2.45) is 5.92 Å². The fraction of sp³-hybridized carbons (Fsp3) is 0.467. The highest BCUT2D eigenvalue weighted by atomic mass is 16.1. The molecule has 1 N–H and O–H groups in total. The van der Waals surface area contributed by atoms with E-state index >= 15 is 0 Å². The van der Waals surface area contributed by atoms with Crippen molar-refractivity contribution in [1.82, 2.24) is 4.98 Å². The molecule has 1 aromatic rings. The third-order valence-corrected chi connectivity index (χ3v) is 2.69. The van der Waals surface area contributed by atoms with Crippen molar-refractivity contribution < 1.29 is 4.79 Å². The topological polar surface area (TPSA) is 42.0 Å². The molecule has 0 bridgehead atoms. The minimum absolute atomic E-state index is 0.0627. The van der Waals surface area contributed by atoms with Crippen LogP contribution in [0.2, 0.25) is 0 Å². The minimum Gasteiger partial charge on any atom is -0.325 e. The van der Waals surface area contributed by atoms with Crippen molar-refractivity contribution in [3.63, 3.8) is 0 Å². The average Bonchev–Trinajstić information content (AvgIpc) is 2.29. The standard InChI is InChI=1S/C15H22N2O/c1-12(2)6-4-7-13(3)10-15(18)17-14-8-5-9-16-11-14/h5-6,8-9,11,13H,4,7,10H2,1-3H3,(H,17,18). The molecule has 0 aliphatic rings. The van der Waals surface area contributed by atoms with E-state index in [0.29, 0.717) is 12.3 Å². The third kappa shape index (κ3) is 6.18. The van der Waals surface area contributed by atoms with E-state index in [1.165, 1.54) is 5.57 Å². The molecule has 1 atom stereocenters. The van der Waals surface area contributed by atoms with E-state index in [1.54, 1.807) is 12.4 Å². The number of anilines is 1. The van der Waals surface area contributed by atoms with Crippen molar-refractivity contribution in [3.05, 3.63) is 36.2 Å². The normalized spacial score (nSPS) is 11.7. The summed E-state index contributed by atoms with van der Waals surface area (Å²) in [4.78, 5) is 15.7. The van der Waals surface area contributed by atoms with E-state index in [9.17, 15) is 4.79 Å². The van der Waals surface area contributed by atoms with Gasteiger partial charge in [0.2, 0.25) is 5.91 Å². The molecule has 0 aliphatic carbocycles.